The minimum absolute atomic E-state index is 0.0978. The summed E-state index contributed by atoms with van der Waals surface area (Å²) in [5, 5.41) is 0. The molecule has 0 saturated carbocycles. The molecule has 0 aliphatic rings. The van der Waals surface area contributed by atoms with Gasteiger partial charge in [-0.05, 0) is 77.0 Å². The smallest absolute Gasteiger partial charge is 0.457 e. The Bertz CT molecular complexity index is 1050. The minimum Gasteiger partial charge on any atom is -0.457 e. The third-order valence-electron chi connectivity index (χ3n) is 10.5. The highest BCUT2D eigenvalue weighted by atomic mass is 31.2. The number of esters is 1. The van der Waals surface area contributed by atoms with Gasteiger partial charge in [0.15, 0.2) is 0 Å². The molecule has 0 radical (unpaired) electrons. The van der Waals surface area contributed by atoms with Crippen LogP contribution < -0.4 is 5.73 Å². The van der Waals surface area contributed by atoms with E-state index in [2.05, 4.69) is 62.5 Å². The van der Waals surface area contributed by atoms with Crippen LogP contribution in [0, 0.1) is 0 Å². The number of carbonyl (C=O) groups excluding carboxylic acids is 1. The van der Waals surface area contributed by atoms with E-state index in [1.807, 2.05) is 0 Å². The van der Waals surface area contributed by atoms with Crippen LogP contribution in [0.3, 0.4) is 0 Å². The Balaban J connectivity index is 3.96. The number of phosphoric ester groups is 1. The van der Waals surface area contributed by atoms with Crippen molar-refractivity contribution in [1.82, 2.24) is 0 Å². The Morgan fingerprint density at radius 1 is 0.508 bits per heavy atom. The van der Waals surface area contributed by atoms with Crippen molar-refractivity contribution in [3.8, 4) is 0 Å². The van der Waals surface area contributed by atoms with Crippen molar-refractivity contribution in [2.45, 2.75) is 232 Å². The van der Waals surface area contributed by atoms with Crippen molar-refractivity contribution in [2.75, 3.05) is 33.0 Å². The topological polar surface area (TPSA) is 117 Å². The number of unbranched alkanes of at least 4 members (excludes halogenated alkanes) is 26. The van der Waals surface area contributed by atoms with Gasteiger partial charge in [0.25, 0.3) is 0 Å². The largest absolute Gasteiger partial charge is 0.472 e. The molecule has 0 aliphatic carbocycles. The third kappa shape index (κ3) is 47.4. The van der Waals surface area contributed by atoms with Gasteiger partial charge >= 0.3 is 13.8 Å². The van der Waals surface area contributed by atoms with Gasteiger partial charge in [0.2, 0.25) is 0 Å². The van der Waals surface area contributed by atoms with Gasteiger partial charge in [-0.25, -0.2) is 4.57 Å². The van der Waals surface area contributed by atoms with Gasteiger partial charge in [0.05, 0.1) is 19.8 Å². The quantitative estimate of drug-likeness (QED) is 0.0269. The summed E-state index contributed by atoms with van der Waals surface area (Å²) < 4.78 is 33.5. The van der Waals surface area contributed by atoms with Crippen molar-refractivity contribution in [2.24, 2.45) is 5.73 Å². The Hall–Kier alpha value is -1.54. The second-order valence-electron chi connectivity index (χ2n) is 16.3. The summed E-state index contributed by atoms with van der Waals surface area (Å²) in [6.07, 6.45) is 57.1. The van der Waals surface area contributed by atoms with E-state index >= 15 is 0 Å². The second-order valence-corrected chi connectivity index (χ2v) is 17.8. The van der Waals surface area contributed by atoms with Crippen LogP contribution >= 0.6 is 7.82 Å². The normalized spacial score (nSPS) is 13.8. The van der Waals surface area contributed by atoms with E-state index in [9.17, 15) is 14.3 Å². The molecule has 0 saturated heterocycles. The van der Waals surface area contributed by atoms with E-state index in [1.54, 1.807) is 0 Å². The third-order valence-corrected chi connectivity index (χ3v) is 11.5. The first-order chi connectivity index (χ1) is 28.9. The van der Waals surface area contributed by atoms with Gasteiger partial charge < -0.3 is 20.1 Å². The van der Waals surface area contributed by atoms with Crippen LogP contribution in [0.1, 0.15) is 226 Å². The van der Waals surface area contributed by atoms with Crippen molar-refractivity contribution < 1.29 is 32.8 Å². The Morgan fingerprint density at radius 3 is 1.36 bits per heavy atom. The molecule has 346 valence electrons. The summed E-state index contributed by atoms with van der Waals surface area (Å²) in [5.74, 6) is -0.336. The number of allylic oxidation sites excluding steroid dienone is 8. The van der Waals surface area contributed by atoms with Gasteiger partial charge in [0, 0.05) is 19.6 Å². The molecule has 2 unspecified atom stereocenters. The molecule has 0 rings (SSSR count). The zero-order chi connectivity index (χ0) is 43.0. The first-order valence-corrected chi connectivity index (χ1v) is 26.1. The molecular weight excluding hydrogens is 758 g/mol. The first-order valence-electron chi connectivity index (χ1n) is 24.6. The first kappa shape index (κ1) is 57.5. The molecule has 2 atom stereocenters. The minimum atomic E-state index is -4.28. The van der Waals surface area contributed by atoms with Crippen LogP contribution in [0.25, 0.3) is 0 Å². The SMILES string of the molecule is CCCCCCC/C=C\C/C=C\C/C=C\CCCCCCCCCCCCC(=O)OC(COCCCCCCCC/C=C\CCCCCCC)COP(=O)(O)OCCN. The summed E-state index contributed by atoms with van der Waals surface area (Å²) in [6, 6.07) is 0. The summed E-state index contributed by atoms with van der Waals surface area (Å²) in [7, 11) is -4.28. The number of ether oxygens (including phenoxy) is 2. The molecule has 0 spiro atoms. The number of hydrogen-bond donors (Lipinski definition) is 2. The van der Waals surface area contributed by atoms with Crippen LogP contribution in [0.4, 0.5) is 0 Å². The van der Waals surface area contributed by atoms with Crippen molar-refractivity contribution in [1.29, 1.82) is 0 Å². The molecule has 9 heteroatoms. The highest BCUT2D eigenvalue weighted by Crippen LogP contribution is 2.43. The zero-order valence-corrected chi connectivity index (χ0v) is 39.4. The maximum absolute atomic E-state index is 12.6. The van der Waals surface area contributed by atoms with Crippen LogP contribution in [0.2, 0.25) is 0 Å². The average molecular weight is 852 g/mol. The number of phosphoric acid groups is 1. The van der Waals surface area contributed by atoms with Gasteiger partial charge in [-0.3, -0.25) is 13.8 Å². The Kier molecular flexibility index (Phi) is 46.3. The maximum atomic E-state index is 12.6. The van der Waals surface area contributed by atoms with Gasteiger partial charge in [-0.2, -0.15) is 0 Å². The molecular formula is C50H94NO7P. The second kappa shape index (κ2) is 47.5. The van der Waals surface area contributed by atoms with Crippen LogP contribution in [-0.2, 0) is 27.9 Å². The van der Waals surface area contributed by atoms with Gasteiger partial charge in [-0.15, -0.1) is 0 Å². The Morgan fingerprint density at radius 2 is 0.898 bits per heavy atom. The zero-order valence-electron chi connectivity index (χ0n) is 38.5. The van der Waals surface area contributed by atoms with E-state index in [4.69, 9.17) is 24.3 Å². The van der Waals surface area contributed by atoms with Crippen molar-refractivity contribution in [3.05, 3.63) is 48.6 Å². The average Bonchev–Trinajstić information content (AvgIpc) is 3.23. The summed E-state index contributed by atoms with van der Waals surface area (Å²) in [4.78, 5) is 22.6. The summed E-state index contributed by atoms with van der Waals surface area (Å²) >= 11 is 0. The predicted molar refractivity (Wildman–Crippen MR) is 252 cm³/mol. The van der Waals surface area contributed by atoms with Gasteiger partial charge in [0.1, 0.15) is 6.10 Å². The van der Waals surface area contributed by atoms with Crippen LogP contribution in [0.15, 0.2) is 48.6 Å². The lowest BCUT2D eigenvalue weighted by Crippen LogP contribution is -2.28. The summed E-state index contributed by atoms with van der Waals surface area (Å²) in [6.45, 7) is 4.90. The highest BCUT2D eigenvalue weighted by molar-refractivity contribution is 7.47. The lowest BCUT2D eigenvalue weighted by Gasteiger charge is -2.20. The molecule has 3 N–H and O–H groups in total. The van der Waals surface area contributed by atoms with Crippen LogP contribution in [-0.4, -0.2) is 49.9 Å². The molecule has 0 aliphatic heterocycles. The van der Waals surface area contributed by atoms with Crippen molar-refractivity contribution in [3.63, 3.8) is 0 Å². The Labute approximate surface area is 364 Å². The molecule has 0 bridgehead atoms. The fourth-order valence-electron chi connectivity index (χ4n) is 6.82. The number of rotatable bonds is 47. The monoisotopic (exact) mass is 852 g/mol. The van der Waals surface area contributed by atoms with E-state index < -0.39 is 13.9 Å². The van der Waals surface area contributed by atoms with Crippen molar-refractivity contribution >= 4 is 13.8 Å². The fraction of sp³-hybridized carbons (Fsp3) is 0.820. The molecule has 0 fully saturated rings. The van der Waals surface area contributed by atoms with Crippen LogP contribution in [0.5, 0.6) is 0 Å². The highest BCUT2D eigenvalue weighted by Gasteiger charge is 2.25. The van der Waals surface area contributed by atoms with Gasteiger partial charge in [-0.1, -0.05) is 191 Å². The number of hydrogen-bond acceptors (Lipinski definition) is 7. The number of nitrogens with two attached hydrogens (primary N) is 1. The number of carbonyl (C=O) groups is 1. The predicted octanol–water partition coefficient (Wildman–Crippen LogP) is 15.1. The fourth-order valence-corrected chi connectivity index (χ4v) is 7.59. The molecule has 0 heterocycles. The molecule has 59 heavy (non-hydrogen) atoms. The summed E-state index contributed by atoms with van der Waals surface area (Å²) in [5.41, 5.74) is 5.38. The molecule has 0 aromatic carbocycles. The molecule has 8 nitrogen and oxygen atoms in total. The molecule has 0 amide bonds. The molecule has 0 aromatic rings. The van der Waals surface area contributed by atoms with E-state index in [1.165, 1.54) is 161 Å². The standard InChI is InChI=1S/C50H94NO7P/c1-3-5-7-9-11-13-15-17-19-20-21-22-23-24-25-26-27-28-29-31-33-35-37-39-41-43-50(52)58-49(48-57-59(53,54)56-46-44-51)47-55-45-42-40-38-36-34-32-30-18-16-14-12-10-8-6-4-2/h15-18,20-21,23-24,49H,3-14,19,22,25-48,51H2,1-2H3,(H,53,54)/b17-15-,18-16-,21-20-,24-23-. The van der Waals surface area contributed by atoms with E-state index in [0.717, 1.165) is 44.9 Å². The van der Waals surface area contributed by atoms with E-state index in [0.29, 0.717) is 13.0 Å². The van der Waals surface area contributed by atoms with E-state index in [-0.39, 0.29) is 32.3 Å². The molecule has 0 aromatic heterocycles. The lowest BCUT2D eigenvalue weighted by molar-refractivity contribution is -0.154. The lowest BCUT2D eigenvalue weighted by atomic mass is 10.0. The maximum Gasteiger partial charge on any atom is 0.472 e.